The molecule has 2 unspecified atom stereocenters. The largest absolute Gasteiger partial charge is 0.396 e. The van der Waals surface area contributed by atoms with Crippen LogP contribution >= 0.6 is 11.6 Å². The van der Waals surface area contributed by atoms with Crippen LogP contribution < -0.4 is 0 Å². The number of hydrogen-bond acceptors (Lipinski definition) is 2. The van der Waals surface area contributed by atoms with Gasteiger partial charge in [0, 0.05) is 19.7 Å². The highest BCUT2D eigenvalue weighted by Gasteiger charge is 2.26. The number of nitrogens with zero attached hydrogens (tertiary/aromatic N) is 1. The number of carbonyl (C=O) groups excluding carboxylic acids is 1. The Kier molecular flexibility index (Phi) is 4.69. The highest BCUT2D eigenvalue weighted by atomic mass is 35.5. The minimum absolute atomic E-state index is 0.0207. The van der Waals surface area contributed by atoms with Crippen molar-refractivity contribution in [1.29, 1.82) is 0 Å². The average molecular weight is 220 g/mol. The van der Waals surface area contributed by atoms with E-state index in [9.17, 15) is 4.79 Å². The third kappa shape index (κ3) is 2.85. The van der Waals surface area contributed by atoms with Crippen molar-refractivity contribution in [3.8, 4) is 0 Å². The van der Waals surface area contributed by atoms with E-state index in [0.29, 0.717) is 13.0 Å². The first-order chi connectivity index (χ1) is 6.69. The van der Waals surface area contributed by atoms with E-state index in [2.05, 4.69) is 0 Å². The second-order valence-corrected chi connectivity index (χ2v) is 4.38. The van der Waals surface area contributed by atoms with Gasteiger partial charge in [-0.2, -0.15) is 0 Å². The van der Waals surface area contributed by atoms with Crippen LogP contribution in [0.5, 0.6) is 0 Å². The predicted molar refractivity (Wildman–Crippen MR) is 56.3 cm³/mol. The minimum atomic E-state index is -0.396. The maximum atomic E-state index is 11.7. The molecule has 0 radical (unpaired) electrons. The quantitative estimate of drug-likeness (QED) is 0.726. The van der Waals surface area contributed by atoms with Gasteiger partial charge < -0.3 is 10.0 Å². The summed E-state index contributed by atoms with van der Waals surface area (Å²) in [5.41, 5.74) is 0. The Labute approximate surface area is 90.0 Å². The van der Waals surface area contributed by atoms with Crippen LogP contribution in [-0.4, -0.2) is 41.0 Å². The number of alkyl halides is 1. The fourth-order valence-electron chi connectivity index (χ4n) is 1.79. The molecule has 2 atom stereocenters. The molecule has 0 aliphatic carbocycles. The van der Waals surface area contributed by atoms with Crippen molar-refractivity contribution < 1.29 is 9.90 Å². The van der Waals surface area contributed by atoms with Crippen molar-refractivity contribution in [3.63, 3.8) is 0 Å². The molecule has 3 nitrogen and oxygen atoms in total. The number of halogens is 1. The van der Waals surface area contributed by atoms with Crippen LogP contribution in [0.25, 0.3) is 0 Å². The van der Waals surface area contributed by atoms with E-state index < -0.39 is 5.38 Å². The van der Waals surface area contributed by atoms with Gasteiger partial charge in [0.2, 0.25) is 5.91 Å². The number of aliphatic hydroxyl groups is 1. The smallest absolute Gasteiger partial charge is 0.240 e. The van der Waals surface area contributed by atoms with Gasteiger partial charge in [0.1, 0.15) is 5.38 Å². The van der Waals surface area contributed by atoms with Crippen molar-refractivity contribution in [2.45, 2.75) is 31.6 Å². The van der Waals surface area contributed by atoms with Crippen LogP contribution in [0.2, 0.25) is 0 Å². The molecule has 0 saturated carbocycles. The minimum Gasteiger partial charge on any atom is -0.396 e. The third-order valence-electron chi connectivity index (χ3n) is 2.72. The second kappa shape index (κ2) is 5.56. The lowest BCUT2D eigenvalue weighted by atomic mass is 9.99. The lowest BCUT2D eigenvalue weighted by Crippen LogP contribution is -2.44. The summed E-state index contributed by atoms with van der Waals surface area (Å²) < 4.78 is 0. The lowest BCUT2D eigenvalue weighted by Gasteiger charge is -2.32. The second-order valence-electron chi connectivity index (χ2n) is 3.85. The Morgan fingerprint density at radius 2 is 2.43 bits per heavy atom. The van der Waals surface area contributed by atoms with Gasteiger partial charge in [-0.15, -0.1) is 11.6 Å². The first-order valence-corrected chi connectivity index (χ1v) is 5.66. The summed E-state index contributed by atoms with van der Waals surface area (Å²) >= 11 is 5.89. The molecule has 0 aromatic rings. The van der Waals surface area contributed by atoms with E-state index in [0.717, 1.165) is 19.4 Å². The molecular formula is C10H18ClNO2. The van der Waals surface area contributed by atoms with Crippen LogP contribution in [0.3, 0.4) is 0 Å². The molecular weight excluding hydrogens is 202 g/mol. The molecule has 4 heteroatoms. The van der Waals surface area contributed by atoms with Crippen molar-refractivity contribution in [2.24, 2.45) is 5.92 Å². The van der Waals surface area contributed by atoms with Crippen molar-refractivity contribution in [2.75, 3.05) is 19.7 Å². The fourth-order valence-corrected chi connectivity index (χ4v) is 1.92. The van der Waals surface area contributed by atoms with Crippen molar-refractivity contribution >= 4 is 17.5 Å². The van der Waals surface area contributed by atoms with Gasteiger partial charge in [-0.3, -0.25) is 4.79 Å². The maximum Gasteiger partial charge on any atom is 0.240 e. The zero-order chi connectivity index (χ0) is 10.6. The van der Waals surface area contributed by atoms with E-state index in [-0.39, 0.29) is 18.4 Å². The standard InChI is InChI=1S/C10H18ClNO2/c1-2-9(11)10(14)12-5-3-4-8(6-12)7-13/h8-9,13H,2-7H2,1H3. The number of piperidine rings is 1. The molecule has 1 fully saturated rings. The summed E-state index contributed by atoms with van der Waals surface area (Å²) in [6.45, 7) is 3.53. The number of aliphatic hydroxyl groups excluding tert-OH is 1. The molecule has 14 heavy (non-hydrogen) atoms. The van der Waals surface area contributed by atoms with Gasteiger partial charge >= 0.3 is 0 Å². The van der Waals surface area contributed by atoms with Gasteiger partial charge in [0.05, 0.1) is 0 Å². The molecule has 1 N–H and O–H groups in total. The average Bonchev–Trinajstić information content (AvgIpc) is 2.27. The summed E-state index contributed by atoms with van der Waals surface area (Å²) in [5, 5.41) is 8.62. The zero-order valence-corrected chi connectivity index (χ0v) is 9.33. The molecule has 1 heterocycles. The topological polar surface area (TPSA) is 40.5 Å². The van der Waals surface area contributed by atoms with E-state index in [1.165, 1.54) is 0 Å². The molecule has 1 aliphatic heterocycles. The van der Waals surface area contributed by atoms with E-state index in [1.807, 2.05) is 6.92 Å². The predicted octanol–water partition coefficient (Wildman–Crippen LogP) is 1.23. The third-order valence-corrected chi connectivity index (χ3v) is 3.21. The summed E-state index contributed by atoms with van der Waals surface area (Å²) in [5.74, 6) is 0.265. The van der Waals surface area contributed by atoms with Gasteiger partial charge in [0.25, 0.3) is 0 Å². The molecule has 1 amide bonds. The monoisotopic (exact) mass is 219 g/mol. The Balaban J connectivity index is 2.47. The Morgan fingerprint density at radius 1 is 1.71 bits per heavy atom. The van der Waals surface area contributed by atoms with Crippen molar-refractivity contribution in [3.05, 3.63) is 0 Å². The van der Waals surface area contributed by atoms with E-state index in [1.54, 1.807) is 4.90 Å². The van der Waals surface area contributed by atoms with Crippen LogP contribution in [0.15, 0.2) is 0 Å². The van der Waals surface area contributed by atoms with Gasteiger partial charge in [0.15, 0.2) is 0 Å². The number of amides is 1. The molecule has 1 aliphatic rings. The fraction of sp³-hybridized carbons (Fsp3) is 0.900. The number of hydrogen-bond donors (Lipinski definition) is 1. The lowest BCUT2D eigenvalue weighted by molar-refractivity contribution is -0.132. The van der Waals surface area contributed by atoms with Gasteiger partial charge in [-0.1, -0.05) is 6.92 Å². The molecule has 0 bridgehead atoms. The first kappa shape index (κ1) is 11.8. The maximum absolute atomic E-state index is 11.7. The number of carbonyl (C=O) groups is 1. The van der Waals surface area contributed by atoms with E-state index in [4.69, 9.17) is 16.7 Å². The normalized spacial score (nSPS) is 24.8. The Bertz CT molecular complexity index is 199. The van der Waals surface area contributed by atoms with Gasteiger partial charge in [-0.25, -0.2) is 0 Å². The number of rotatable bonds is 3. The van der Waals surface area contributed by atoms with Crippen molar-refractivity contribution in [1.82, 2.24) is 4.90 Å². The molecule has 1 saturated heterocycles. The zero-order valence-electron chi connectivity index (χ0n) is 8.58. The molecule has 82 valence electrons. The summed E-state index contributed by atoms with van der Waals surface area (Å²) in [4.78, 5) is 13.5. The molecule has 0 aromatic carbocycles. The summed E-state index contributed by atoms with van der Waals surface area (Å²) in [6, 6.07) is 0. The van der Waals surface area contributed by atoms with Crippen LogP contribution in [-0.2, 0) is 4.79 Å². The number of likely N-dealkylation sites (tertiary alicyclic amines) is 1. The molecule has 1 rings (SSSR count). The van der Waals surface area contributed by atoms with Crippen LogP contribution in [0.4, 0.5) is 0 Å². The van der Waals surface area contributed by atoms with E-state index >= 15 is 0 Å². The highest BCUT2D eigenvalue weighted by molar-refractivity contribution is 6.30. The molecule has 0 spiro atoms. The highest BCUT2D eigenvalue weighted by Crippen LogP contribution is 2.18. The molecule has 0 aromatic heterocycles. The van der Waals surface area contributed by atoms with Crippen LogP contribution in [0, 0.1) is 5.92 Å². The Morgan fingerprint density at radius 3 is 3.00 bits per heavy atom. The first-order valence-electron chi connectivity index (χ1n) is 5.22. The Hall–Kier alpha value is -0.280. The van der Waals surface area contributed by atoms with Gasteiger partial charge in [-0.05, 0) is 25.2 Å². The van der Waals surface area contributed by atoms with Crippen LogP contribution in [0.1, 0.15) is 26.2 Å². The summed E-state index contributed by atoms with van der Waals surface area (Å²) in [7, 11) is 0. The SMILES string of the molecule is CCC(Cl)C(=O)N1CCCC(CO)C1. The summed E-state index contributed by atoms with van der Waals surface area (Å²) in [6.07, 6.45) is 2.66.